The molecule has 0 fully saturated rings. The van der Waals surface area contributed by atoms with Crippen molar-refractivity contribution >= 4 is 17.4 Å². The minimum absolute atomic E-state index is 0.208. The number of hydrogen-bond donors (Lipinski definition) is 2. The van der Waals surface area contributed by atoms with Crippen LogP contribution in [0.15, 0.2) is 33.3 Å². The van der Waals surface area contributed by atoms with Gasteiger partial charge >= 0.3 is 5.69 Å². The van der Waals surface area contributed by atoms with E-state index in [1.807, 2.05) is 6.92 Å². The van der Waals surface area contributed by atoms with Gasteiger partial charge in [-0.1, -0.05) is 0 Å². The molecule has 0 radical (unpaired) electrons. The van der Waals surface area contributed by atoms with Gasteiger partial charge in [-0.3, -0.25) is 4.57 Å². The number of H-pyrrole nitrogens is 1. The van der Waals surface area contributed by atoms with Gasteiger partial charge in [0.15, 0.2) is 5.16 Å². The third-order valence-electron chi connectivity index (χ3n) is 1.99. The molecule has 2 rings (SSSR count). The zero-order valence-corrected chi connectivity index (χ0v) is 9.49. The lowest BCUT2D eigenvalue weighted by Crippen LogP contribution is -2.16. The second-order valence-electron chi connectivity index (χ2n) is 3.09. The first-order chi connectivity index (χ1) is 7.70. The van der Waals surface area contributed by atoms with Crippen LogP contribution in [0.2, 0.25) is 0 Å². The van der Waals surface area contributed by atoms with Crippen molar-refractivity contribution in [3.8, 4) is 0 Å². The third kappa shape index (κ3) is 2.08. The molecule has 0 aromatic carbocycles. The van der Waals surface area contributed by atoms with Crippen LogP contribution < -0.4 is 11.4 Å². The molecule has 3 N–H and O–H groups in total. The topological polar surface area (TPSA) is 89.6 Å². The Bertz CT molecular complexity index is 530. The van der Waals surface area contributed by atoms with Gasteiger partial charge in [-0.2, -0.15) is 0 Å². The highest BCUT2D eigenvalue weighted by Crippen LogP contribution is 2.22. The van der Waals surface area contributed by atoms with Gasteiger partial charge in [-0.05, 0) is 30.8 Å². The van der Waals surface area contributed by atoms with Crippen molar-refractivity contribution in [2.24, 2.45) is 0 Å². The number of rotatable bonds is 3. The maximum absolute atomic E-state index is 11.3. The first-order valence-electron chi connectivity index (χ1n) is 4.75. The van der Waals surface area contributed by atoms with Crippen LogP contribution >= 0.6 is 11.8 Å². The molecule has 0 saturated heterocycles. The number of nitrogens with zero attached hydrogens (tertiary/aromatic N) is 3. The molecule has 84 valence electrons. The number of aromatic amines is 1. The van der Waals surface area contributed by atoms with E-state index in [0.29, 0.717) is 17.4 Å². The lowest BCUT2D eigenvalue weighted by Gasteiger charge is -2.01. The highest BCUT2D eigenvalue weighted by atomic mass is 32.2. The Labute approximate surface area is 95.9 Å². The molecule has 0 unspecified atom stereocenters. The number of nitrogen functional groups attached to an aromatic ring is 1. The van der Waals surface area contributed by atoms with Crippen LogP contribution in [-0.4, -0.2) is 19.7 Å². The van der Waals surface area contributed by atoms with Gasteiger partial charge in [0.05, 0.1) is 11.9 Å². The van der Waals surface area contributed by atoms with Crippen molar-refractivity contribution in [1.82, 2.24) is 19.7 Å². The monoisotopic (exact) mass is 237 g/mol. The molecule has 2 aromatic heterocycles. The zero-order chi connectivity index (χ0) is 11.5. The quantitative estimate of drug-likeness (QED) is 0.821. The summed E-state index contributed by atoms with van der Waals surface area (Å²) < 4.78 is 1.54. The van der Waals surface area contributed by atoms with Gasteiger partial charge in [0.25, 0.3) is 0 Å². The van der Waals surface area contributed by atoms with E-state index in [-0.39, 0.29) is 5.69 Å². The van der Waals surface area contributed by atoms with Crippen LogP contribution in [0.1, 0.15) is 6.92 Å². The van der Waals surface area contributed by atoms with Gasteiger partial charge in [0, 0.05) is 6.54 Å². The molecule has 0 aliphatic heterocycles. The van der Waals surface area contributed by atoms with Crippen molar-refractivity contribution in [3.05, 3.63) is 28.8 Å². The lowest BCUT2D eigenvalue weighted by molar-refractivity contribution is 0.660. The van der Waals surface area contributed by atoms with E-state index in [1.165, 1.54) is 11.8 Å². The Morgan fingerprint density at radius 3 is 3.00 bits per heavy atom. The first kappa shape index (κ1) is 10.7. The summed E-state index contributed by atoms with van der Waals surface area (Å²) in [6.45, 7) is 2.46. The molecule has 0 saturated carbocycles. The van der Waals surface area contributed by atoms with E-state index in [0.717, 1.165) is 5.03 Å². The molecular weight excluding hydrogens is 226 g/mol. The van der Waals surface area contributed by atoms with E-state index in [9.17, 15) is 4.79 Å². The summed E-state index contributed by atoms with van der Waals surface area (Å²) in [4.78, 5) is 15.4. The van der Waals surface area contributed by atoms with Gasteiger partial charge < -0.3 is 5.73 Å². The molecule has 0 aliphatic carbocycles. The fourth-order valence-corrected chi connectivity index (χ4v) is 2.05. The molecule has 2 aromatic rings. The SMILES string of the molecule is CCn1c(Sc2ccc(N)cn2)n[nH]c1=O. The van der Waals surface area contributed by atoms with Gasteiger partial charge in [-0.15, -0.1) is 5.10 Å². The largest absolute Gasteiger partial charge is 0.397 e. The smallest absolute Gasteiger partial charge is 0.343 e. The molecule has 16 heavy (non-hydrogen) atoms. The molecule has 0 amide bonds. The fraction of sp³-hybridized carbons (Fsp3) is 0.222. The molecule has 0 bridgehead atoms. The van der Waals surface area contributed by atoms with E-state index in [4.69, 9.17) is 5.73 Å². The predicted molar refractivity (Wildman–Crippen MR) is 61.3 cm³/mol. The Morgan fingerprint density at radius 2 is 2.38 bits per heavy atom. The van der Waals surface area contributed by atoms with Crippen LogP contribution in [0.3, 0.4) is 0 Å². The summed E-state index contributed by atoms with van der Waals surface area (Å²) in [6, 6.07) is 3.55. The third-order valence-corrected chi connectivity index (χ3v) is 2.94. The second-order valence-corrected chi connectivity index (χ2v) is 4.07. The van der Waals surface area contributed by atoms with Crippen LogP contribution in [0.25, 0.3) is 0 Å². The Balaban J connectivity index is 2.27. The van der Waals surface area contributed by atoms with E-state index in [1.54, 1.807) is 22.9 Å². The number of pyridine rings is 1. The first-order valence-corrected chi connectivity index (χ1v) is 5.57. The average molecular weight is 237 g/mol. The van der Waals surface area contributed by atoms with Crippen molar-refractivity contribution in [2.45, 2.75) is 23.7 Å². The number of nitrogens with two attached hydrogens (primary N) is 1. The van der Waals surface area contributed by atoms with Crippen molar-refractivity contribution in [1.29, 1.82) is 0 Å². The van der Waals surface area contributed by atoms with E-state index < -0.39 is 0 Å². The van der Waals surface area contributed by atoms with Crippen molar-refractivity contribution in [3.63, 3.8) is 0 Å². The van der Waals surface area contributed by atoms with Gasteiger partial charge in [-0.25, -0.2) is 14.9 Å². The number of anilines is 1. The Morgan fingerprint density at radius 1 is 1.56 bits per heavy atom. The Kier molecular flexibility index (Phi) is 2.95. The number of aromatic nitrogens is 4. The van der Waals surface area contributed by atoms with Crippen LogP contribution in [-0.2, 0) is 6.54 Å². The van der Waals surface area contributed by atoms with Crippen molar-refractivity contribution in [2.75, 3.05) is 5.73 Å². The van der Waals surface area contributed by atoms with Crippen molar-refractivity contribution < 1.29 is 0 Å². The van der Waals surface area contributed by atoms with Crippen LogP contribution in [0, 0.1) is 0 Å². The lowest BCUT2D eigenvalue weighted by atomic mass is 10.4. The summed E-state index contributed by atoms with van der Waals surface area (Å²) >= 11 is 1.32. The van der Waals surface area contributed by atoms with E-state index >= 15 is 0 Å². The Hall–Kier alpha value is -1.76. The molecular formula is C9H11N5OS. The summed E-state index contributed by atoms with van der Waals surface area (Å²) in [5.41, 5.74) is 5.93. The zero-order valence-electron chi connectivity index (χ0n) is 8.67. The molecule has 6 nitrogen and oxygen atoms in total. The minimum atomic E-state index is -0.208. The summed E-state index contributed by atoms with van der Waals surface area (Å²) in [6.07, 6.45) is 1.57. The predicted octanol–water partition coefficient (Wildman–Crippen LogP) is 0.720. The van der Waals surface area contributed by atoms with Gasteiger partial charge in [0.2, 0.25) is 0 Å². The fourth-order valence-electron chi connectivity index (χ4n) is 1.21. The van der Waals surface area contributed by atoms with Crippen LogP contribution in [0.4, 0.5) is 5.69 Å². The molecule has 2 heterocycles. The minimum Gasteiger partial charge on any atom is -0.397 e. The average Bonchev–Trinajstić information content (AvgIpc) is 2.63. The highest BCUT2D eigenvalue weighted by molar-refractivity contribution is 7.99. The highest BCUT2D eigenvalue weighted by Gasteiger charge is 2.08. The normalized spacial score (nSPS) is 10.6. The van der Waals surface area contributed by atoms with Gasteiger partial charge in [0.1, 0.15) is 5.03 Å². The maximum atomic E-state index is 11.3. The second kappa shape index (κ2) is 4.40. The summed E-state index contributed by atoms with van der Waals surface area (Å²) in [5, 5.41) is 7.68. The molecule has 0 atom stereocenters. The van der Waals surface area contributed by atoms with E-state index in [2.05, 4.69) is 15.2 Å². The molecule has 0 spiro atoms. The standard InChI is InChI=1S/C9H11N5OS/c1-2-14-8(15)12-13-9(14)16-7-4-3-6(10)5-11-7/h3-5H,2,10H2,1H3,(H,12,15). The maximum Gasteiger partial charge on any atom is 0.343 e. The number of nitrogens with one attached hydrogen (secondary N) is 1. The number of hydrogen-bond acceptors (Lipinski definition) is 5. The molecule has 0 aliphatic rings. The van der Waals surface area contributed by atoms with Crippen LogP contribution in [0.5, 0.6) is 0 Å². The molecule has 7 heteroatoms. The summed E-state index contributed by atoms with van der Waals surface area (Å²) in [5.74, 6) is 0. The summed E-state index contributed by atoms with van der Waals surface area (Å²) in [7, 11) is 0.